The van der Waals surface area contributed by atoms with Crippen molar-refractivity contribution < 1.29 is 9.90 Å². The summed E-state index contributed by atoms with van der Waals surface area (Å²) in [4.78, 5) is 17.4. The van der Waals surface area contributed by atoms with Gasteiger partial charge in [-0.15, -0.1) is 0 Å². The number of para-hydroxylation sites is 1. The van der Waals surface area contributed by atoms with Crippen LogP contribution in [0.3, 0.4) is 0 Å². The minimum atomic E-state index is -0.0654. The van der Waals surface area contributed by atoms with E-state index in [-0.39, 0.29) is 11.7 Å². The molecule has 0 bridgehead atoms. The Morgan fingerprint density at radius 2 is 1.69 bits per heavy atom. The lowest BCUT2D eigenvalue weighted by Gasteiger charge is -2.12. The van der Waals surface area contributed by atoms with E-state index < -0.39 is 0 Å². The molecule has 0 saturated heterocycles. The summed E-state index contributed by atoms with van der Waals surface area (Å²) in [5, 5.41) is 23.3. The highest BCUT2D eigenvalue weighted by molar-refractivity contribution is 6.36. The monoisotopic (exact) mass is 509 g/mol. The summed E-state index contributed by atoms with van der Waals surface area (Å²) in [6, 6.07) is 30.6. The predicted octanol–water partition coefficient (Wildman–Crippen LogP) is 4.84. The van der Waals surface area contributed by atoms with E-state index >= 15 is 0 Å². The van der Waals surface area contributed by atoms with Crippen molar-refractivity contribution in [3.63, 3.8) is 0 Å². The van der Waals surface area contributed by atoms with E-state index in [4.69, 9.17) is 7.85 Å². The van der Waals surface area contributed by atoms with E-state index in [9.17, 15) is 9.90 Å². The van der Waals surface area contributed by atoms with Gasteiger partial charge in [-0.1, -0.05) is 66.7 Å². The lowest BCUT2D eigenvalue weighted by atomic mass is 10.0. The fourth-order valence-corrected chi connectivity index (χ4v) is 4.66. The van der Waals surface area contributed by atoms with Crippen molar-refractivity contribution in [2.75, 3.05) is 10.6 Å². The van der Waals surface area contributed by atoms with Gasteiger partial charge in [-0.2, -0.15) is 9.61 Å². The summed E-state index contributed by atoms with van der Waals surface area (Å²) in [6.07, 6.45) is 1.85. The molecule has 0 aliphatic rings. The summed E-state index contributed by atoms with van der Waals surface area (Å²) in [7, 11) is 6.10. The van der Waals surface area contributed by atoms with Crippen molar-refractivity contribution in [2.24, 2.45) is 0 Å². The van der Waals surface area contributed by atoms with Crippen molar-refractivity contribution in [1.29, 1.82) is 0 Å². The smallest absolute Gasteiger partial charge is 0.228 e. The largest absolute Gasteiger partial charge is 0.507 e. The summed E-state index contributed by atoms with van der Waals surface area (Å²) in [5.41, 5.74) is 4.87. The Morgan fingerprint density at radius 3 is 2.54 bits per heavy atom. The lowest BCUT2D eigenvalue weighted by molar-refractivity contribution is -0.115. The number of anilines is 2. The van der Waals surface area contributed by atoms with Crippen LogP contribution in [0, 0.1) is 0 Å². The number of phenolic OH excluding ortho intramolecular Hbond substituents is 1. The Labute approximate surface area is 226 Å². The van der Waals surface area contributed by atoms with Gasteiger partial charge in [-0.05, 0) is 51.6 Å². The Kier molecular flexibility index (Phi) is 6.43. The van der Waals surface area contributed by atoms with Crippen LogP contribution in [0.15, 0.2) is 103 Å². The van der Waals surface area contributed by atoms with Gasteiger partial charge in [-0.25, -0.2) is 4.98 Å². The van der Waals surface area contributed by atoms with Crippen LogP contribution >= 0.6 is 0 Å². The van der Waals surface area contributed by atoms with E-state index in [1.54, 1.807) is 28.9 Å². The number of carbonyl (C=O) groups excluding carboxylic acids is 1. The van der Waals surface area contributed by atoms with Crippen LogP contribution in [-0.4, -0.2) is 33.5 Å². The number of aromatic hydroxyl groups is 1. The van der Waals surface area contributed by atoms with Gasteiger partial charge >= 0.3 is 0 Å². The Bertz CT molecular complexity index is 1810. The molecule has 0 aliphatic carbocycles. The van der Waals surface area contributed by atoms with Gasteiger partial charge in [0.2, 0.25) is 5.91 Å². The van der Waals surface area contributed by atoms with Crippen molar-refractivity contribution in [3.05, 3.63) is 114 Å². The average molecular weight is 509 g/mol. The van der Waals surface area contributed by atoms with E-state index in [0.29, 0.717) is 41.2 Å². The molecule has 39 heavy (non-hydrogen) atoms. The molecular weight excluding hydrogens is 485 g/mol. The minimum absolute atomic E-state index is 0.0654. The maximum absolute atomic E-state index is 12.8. The molecule has 6 rings (SSSR count). The highest BCUT2D eigenvalue weighted by Gasteiger charge is 2.13. The zero-order valence-corrected chi connectivity index (χ0v) is 21.0. The van der Waals surface area contributed by atoms with Crippen molar-refractivity contribution in [1.82, 2.24) is 14.6 Å². The highest BCUT2D eigenvalue weighted by atomic mass is 16.3. The molecule has 0 spiro atoms. The van der Waals surface area contributed by atoms with Gasteiger partial charge in [-0.3, -0.25) is 4.79 Å². The molecule has 2 radical (unpaired) electrons. The van der Waals surface area contributed by atoms with Crippen LogP contribution in [0.1, 0.15) is 11.1 Å². The van der Waals surface area contributed by atoms with Crippen LogP contribution in [-0.2, 0) is 17.8 Å². The normalized spacial score (nSPS) is 11.1. The lowest BCUT2D eigenvalue weighted by Crippen LogP contribution is -2.14. The first-order chi connectivity index (χ1) is 19.0. The molecule has 0 unspecified atom stereocenters. The van der Waals surface area contributed by atoms with Gasteiger partial charge in [0.15, 0.2) is 5.65 Å². The number of amides is 1. The summed E-state index contributed by atoms with van der Waals surface area (Å²) >= 11 is 0. The fraction of sp³-hybridized carbons (Fsp3) is 0.0645. The predicted molar refractivity (Wildman–Crippen MR) is 156 cm³/mol. The number of carbonyl (C=O) groups is 1. The molecule has 6 aromatic rings. The molecule has 0 saturated carbocycles. The van der Waals surface area contributed by atoms with Gasteiger partial charge in [0.05, 0.1) is 12.1 Å². The number of nitrogens with one attached hydrogen (secondary N) is 2. The average Bonchev–Trinajstić information content (AvgIpc) is 3.33. The number of rotatable bonds is 7. The van der Waals surface area contributed by atoms with E-state index in [2.05, 4.69) is 20.7 Å². The Morgan fingerprint density at radius 1 is 0.923 bits per heavy atom. The number of benzene rings is 4. The Balaban J connectivity index is 1.15. The molecule has 0 atom stereocenters. The van der Waals surface area contributed by atoms with E-state index in [0.717, 1.165) is 27.6 Å². The molecule has 7 nitrogen and oxygen atoms in total. The Hall–Kier alpha value is -5.11. The maximum atomic E-state index is 12.8. The third kappa shape index (κ3) is 5.04. The topological polar surface area (TPSA) is 91.5 Å². The molecule has 0 fully saturated rings. The first kappa shape index (κ1) is 24.2. The number of phenols is 1. The second-order valence-corrected chi connectivity index (χ2v) is 9.29. The van der Waals surface area contributed by atoms with Gasteiger partial charge < -0.3 is 15.7 Å². The number of hydrogen-bond donors (Lipinski definition) is 3. The van der Waals surface area contributed by atoms with Crippen LogP contribution in [0.4, 0.5) is 11.5 Å². The molecule has 4 aromatic carbocycles. The first-order valence-electron chi connectivity index (χ1n) is 12.6. The molecule has 1 amide bonds. The molecule has 3 N–H and O–H groups in total. The maximum Gasteiger partial charge on any atom is 0.228 e. The highest BCUT2D eigenvalue weighted by Crippen LogP contribution is 2.29. The van der Waals surface area contributed by atoms with Crippen molar-refractivity contribution in [3.8, 4) is 17.0 Å². The SMILES string of the molecule is [B]c1cnn2c(NCc3ccc(NC(=O)Cc4cccc5ccccc45)cc3)cc(-c3ccccc3O)nc12. The van der Waals surface area contributed by atoms with Crippen LogP contribution in [0.25, 0.3) is 27.7 Å². The third-order valence-corrected chi connectivity index (χ3v) is 6.62. The zero-order valence-electron chi connectivity index (χ0n) is 21.0. The van der Waals surface area contributed by atoms with Gasteiger partial charge in [0, 0.05) is 30.1 Å². The number of aromatic nitrogens is 3. The molecule has 188 valence electrons. The number of nitrogens with zero attached hydrogens (tertiary/aromatic N) is 3. The molecule has 2 aromatic heterocycles. The minimum Gasteiger partial charge on any atom is -0.507 e. The van der Waals surface area contributed by atoms with Crippen LogP contribution in [0.2, 0.25) is 0 Å². The molecule has 8 heteroatoms. The number of fused-ring (bicyclic) bond motifs is 2. The fourth-order valence-electron chi connectivity index (χ4n) is 4.66. The second kappa shape index (κ2) is 10.3. The summed E-state index contributed by atoms with van der Waals surface area (Å²) < 4.78 is 1.64. The standard InChI is InChI=1S/C31H24BN5O2/c32-26-19-34-37-29(17-27(36-31(26)37)25-10-3-4-11-28(25)38)33-18-20-12-14-23(15-13-20)35-30(39)16-22-8-5-7-21-6-1-2-9-24(21)22/h1-15,17,19,33,38H,16,18H2,(H,35,39). The summed E-state index contributed by atoms with van der Waals surface area (Å²) in [6.45, 7) is 0.503. The van der Waals surface area contributed by atoms with E-state index in [1.165, 1.54) is 0 Å². The molecule has 2 heterocycles. The zero-order chi connectivity index (χ0) is 26.8. The quantitative estimate of drug-likeness (QED) is 0.268. The number of hydrogen-bond acceptors (Lipinski definition) is 5. The first-order valence-corrected chi connectivity index (χ1v) is 12.6. The van der Waals surface area contributed by atoms with Crippen molar-refractivity contribution >= 4 is 47.1 Å². The summed E-state index contributed by atoms with van der Waals surface area (Å²) in [5.74, 6) is 0.753. The second-order valence-electron chi connectivity index (χ2n) is 9.29. The third-order valence-electron chi connectivity index (χ3n) is 6.62. The molecular formula is C31H24BN5O2. The van der Waals surface area contributed by atoms with E-state index in [1.807, 2.05) is 78.9 Å². The van der Waals surface area contributed by atoms with Gasteiger partial charge in [0.25, 0.3) is 0 Å². The van der Waals surface area contributed by atoms with Crippen LogP contribution < -0.4 is 16.1 Å². The van der Waals surface area contributed by atoms with Crippen LogP contribution in [0.5, 0.6) is 5.75 Å². The van der Waals surface area contributed by atoms with Crippen molar-refractivity contribution in [2.45, 2.75) is 13.0 Å². The molecule has 0 aliphatic heterocycles. The van der Waals surface area contributed by atoms with Gasteiger partial charge in [0.1, 0.15) is 19.4 Å².